The average molecular weight is 432 g/mol. The van der Waals surface area contributed by atoms with Gasteiger partial charge in [0.15, 0.2) is 10.9 Å². The molecule has 1 heterocycles. The van der Waals surface area contributed by atoms with Crippen molar-refractivity contribution in [1.82, 2.24) is 4.90 Å². The van der Waals surface area contributed by atoms with E-state index in [1.54, 1.807) is 4.90 Å². The first-order valence-electron chi connectivity index (χ1n) is 8.64. The molecule has 0 amide bonds. The Kier molecular flexibility index (Phi) is 6.06. The average Bonchev–Trinajstić information content (AvgIpc) is 2.64. The van der Waals surface area contributed by atoms with Gasteiger partial charge in [-0.05, 0) is 85.4 Å². The van der Waals surface area contributed by atoms with Crippen molar-refractivity contribution in [2.24, 2.45) is 11.7 Å². The number of nitrogens with zero attached hydrogens (tertiary/aromatic N) is 2. The Labute approximate surface area is 168 Å². The summed E-state index contributed by atoms with van der Waals surface area (Å²) in [5, 5.41) is 0.237. The normalized spacial score (nSPS) is 15.6. The maximum absolute atomic E-state index is 12.9. The molecular formula is C20H22BrN3OS. The number of thiocarbonyl (C=S) groups is 1. The number of carbonyl (C=O) groups is 1. The summed E-state index contributed by atoms with van der Waals surface area (Å²) in [6, 6.07) is 15.3. The van der Waals surface area contributed by atoms with Crippen LogP contribution in [0.4, 0.5) is 11.4 Å². The number of hydrogen-bond acceptors (Lipinski definition) is 3. The summed E-state index contributed by atoms with van der Waals surface area (Å²) in [6.45, 7) is 1.93. The monoisotopic (exact) mass is 431 g/mol. The van der Waals surface area contributed by atoms with Crippen LogP contribution in [0.5, 0.6) is 0 Å². The van der Waals surface area contributed by atoms with Gasteiger partial charge in [-0.3, -0.25) is 9.69 Å². The van der Waals surface area contributed by atoms with Gasteiger partial charge in [-0.15, -0.1) is 0 Å². The summed E-state index contributed by atoms with van der Waals surface area (Å²) in [4.78, 5) is 17.0. The van der Waals surface area contributed by atoms with E-state index in [0.717, 1.165) is 41.8 Å². The molecule has 4 nitrogen and oxygen atoms in total. The largest absolute Gasteiger partial charge is 0.376 e. The summed E-state index contributed by atoms with van der Waals surface area (Å²) in [5.41, 5.74) is 8.36. The van der Waals surface area contributed by atoms with E-state index in [2.05, 4.69) is 27.9 Å². The quantitative estimate of drug-likeness (QED) is 0.575. The molecule has 2 N–H and O–H groups in total. The standard InChI is InChI=1S/C20H22BrN3OS/c1-23-11-9-14(10-12-23)19(25)15-5-4-6-16(13-15)24(20(22)26)18-8-3-2-7-17(18)21/h2-8,13-14H,9-12H2,1H3,(H2,22,26). The van der Waals surface area contributed by atoms with E-state index < -0.39 is 0 Å². The van der Waals surface area contributed by atoms with Gasteiger partial charge in [0.2, 0.25) is 0 Å². The van der Waals surface area contributed by atoms with Gasteiger partial charge in [0, 0.05) is 21.6 Å². The van der Waals surface area contributed by atoms with Crippen LogP contribution in [0.1, 0.15) is 23.2 Å². The molecule has 1 aliphatic rings. The number of rotatable bonds is 4. The zero-order valence-electron chi connectivity index (χ0n) is 14.7. The minimum absolute atomic E-state index is 0.0863. The Balaban J connectivity index is 1.91. The van der Waals surface area contributed by atoms with Crippen molar-refractivity contribution in [3.05, 3.63) is 58.6 Å². The van der Waals surface area contributed by atoms with E-state index in [-0.39, 0.29) is 16.8 Å². The lowest BCUT2D eigenvalue weighted by Crippen LogP contribution is -2.34. The number of piperidine rings is 1. The summed E-state index contributed by atoms with van der Waals surface area (Å²) < 4.78 is 0.889. The molecule has 0 bridgehead atoms. The molecule has 0 aromatic heterocycles. The third-order valence-corrected chi connectivity index (χ3v) is 5.65. The van der Waals surface area contributed by atoms with E-state index in [4.69, 9.17) is 18.0 Å². The maximum atomic E-state index is 12.9. The molecule has 2 aromatic carbocycles. The molecule has 3 rings (SSSR count). The maximum Gasteiger partial charge on any atom is 0.175 e. The first-order chi connectivity index (χ1) is 12.5. The van der Waals surface area contributed by atoms with Gasteiger partial charge in [0.1, 0.15) is 0 Å². The van der Waals surface area contributed by atoms with Gasteiger partial charge in [-0.1, -0.05) is 24.3 Å². The second kappa shape index (κ2) is 8.29. The van der Waals surface area contributed by atoms with Crippen LogP contribution in [0.2, 0.25) is 0 Å². The zero-order valence-corrected chi connectivity index (χ0v) is 17.1. The van der Waals surface area contributed by atoms with Gasteiger partial charge in [0.25, 0.3) is 0 Å². The van der Waals surface area contributed by atoms with Gasteiger partial charge < -0.3 is 10.6 Å². The second-order valence-electron chi connectivity index (χ2n) is 6.62. The summed E-state index contributed by atoms with van der Waals surface area (Å²) in [6.07, 6.45) is 1.81. The second-order valence-corrected chi connectivity index (χ2v) is 7.89. The van der Waals surface area contributed by atoms with Crippen LogP contribution in [-0.2, 0) is 0 Å². The third-order valence-electron chi connectivity index (χ3n) is 4.79. The van der Waals surface area contributed by atoms with Crippen molar-refractivity contribution in [3.63, 3.8) is 0 Å². The molecule has 0 aliphatic carbocycles. The van der Waals surface area contributed by atoms with Gasteiger partial charge >= 0.3 is 0 Å². The highest BCUT2D eigenvalue weighted by Crippen LogP contribution is 2.33. The minimum Gasteiger partial charge on any atom is -0.376 e. The minimum atomic E-state index is 0.0863. The fraction of sp³-hybridized carbons (Fsp3) is 0.300. The van der Waals surface area contributed by atoms with Gasteiger partial charge in [0.05, 0.1) is 5.69 Å². The Bertz CT molecular complexity index is 818. The molecule has 2 aromatic rings. The smallest absolute Gasteiger partial charge is 0.175 e. The van der Waals surface area contributed by atoms with Crippen LogP contribution in [0, 0.1) is 5.92 Å². The Morgan fingerprint density at radius 3 is 2.54 bits per heavy atom. The van der Waals surface area contributed by atoms with Crippen molar-refractivity contribution in [1.29, 1.82) is 0 Å². The molecule has 0 atom stereocenters. The molecule has 6 heteroatoms. The number of likely N-dealkylation sites (tertiary alicyclic amines) is 1. The first kappa shape index (κ1) is 19.0. The lowest BCUT2D eigenvalue weighted by Gasteiger charge is -2.28. The van der Waals surface area contributed by atoms with E-state index >= 15 is 0 Å². The highest BCUT2D eigenvalue weighted by molar-refractivity contribution is 9.10. The molecule has 1 aliphatic heterocycles. The van der Waals surface area contributed by atoms with Crippen LogP contribution >= 0.6 is 28.1 Å². The Morgan fingerprint density at radius 2 is 1.88 bits per heavy atom. The first-order valence-corrected chi connectivity index (χ1v) is 9.84. The number of para-hydroxylation sites is 1. The molecule has 0 saturated carbocycles. The molecule has 1 saturated heterocycles. The van der Waals surface area contributed by atoms with Crippen LogP contribution in [0.15, 0.2) is 53.0 Å². The van der Waals surface area contributed by atoms with Crippen molar-refractivity contribution >= 4 is 50.4 Å². The number of halogens is 1. The van der Waals surface area contributed by atoms with Crippen LogP contribution < -0.4 is 10.6 Å². The molecule has 26 heavy (non-hydrogen) atoms. The van der Waals surface area contributed by atoms with Gasteiger partial charge in [-0.2, -0.15) is 0 Å². The highest BCUT2D eigenvalue weighted by Gasteiger charge is 2.25. The highest BCUT2D eigenvalue weighted by atomic mass is 79.9. The van der Waals surface area contributed by atoms with Crippen LogP contribution in [0.25, 0.3) is 0 Å². The fourth-order valence-corrected chi connectivity index (χ4v) is 3.99. The number of anilines is 2. The topological polar surface area (TPSA) is 49.6 Å². The third kappa shape index (κ3) is 4.14. The lowest BCUT2D eigenvalue weighted by atomic mass is 9.89. The SMILES string of the molecule is CN1CCC(C(=O)c2cccc(N(C(N)=S)c3ccccc3Br)c2)CC1. The van der Waals surface area contributed by atoms with E-state index in [1.807, 2.05) is 48.5 Å². The predicted molar refractivity (Wildman–Crippen MR) is 114 cm³/mol. The number of ketones is 1. The van der Waals surface area contributed by atoms with Crippen molar-refractivity contribution < 1.29 is 4.79 Å². The number of nitrogens with two attached hydrogens (primary N) is 1. The molecule has 136 valence electrons. The summed E-state index contributed by atoms with van der Waals surface area (Å²) >= 11 is 8.83. The zero-order chi connectivity index (χ0) is 18.7. The number of hydrogen-bond donors (Lipinski definition) is 1. The van der Waals surface area contributed by atoms with E-state index in [9.17, 15) is 4.79 Å². The molecule has 0 unspecified atom stereocenters. The predicted octanol–water partition coefficient (Wildman–Crippen LogP) is 4.36. The van der Waals surface area contributed by atoms with Crippen LogP contribution in [-0.4, -0.2) is 35.9 Å². The lowest BCUT2D eigenvalue weighted by molar-refractivity contribution is 0.0857. The molecular weight excluding hydrogens is 410 g/mol. The van der Waals surface area contributed by atoms with E-state index in [1.165, 1.54) is 0 Å². The van der Waals surface area contributed by atoms with Gasteiger partial charge in [-0.25, -0.2) is 0 Å². The van der Waals surface area contributed by atoms with Crippen LogP contribution in [0.3, 0.4) is 0 Å². The number of benzene rings is 2. The number of Topliss-reactive ketones (excluding diaryl/α,β-unsaturated/α-hetero) is 1. The van der Waals surface area contributed by atoms with E-state index in [0.29, 0.717) is 5.56 Å². The fourth-order valence-electron chi connectivity index (χ4n) is 3.32. The van der Waals surface area contributed by atoms with Crippen molar-refractivity contribution in [2.45, 2.75) is 12.8 Å². The summed E-state index contributed by atoms with van der Waals surface area (Å²) in [7, 11) is 2.10. The summed E-state index contributed by atoms with van der Waals surface area (Å²) in [5.74, 6) is 0.290. The number of carbonyl (C=O) groups excluding carboxylic acids is 1. The van der Waals surface area contributed by atoms with Crippen molar-refractivity contribution in [3.8, 4) is 0 Å². The van der Waals surface area contributed by atoms with Crippen molar-refractivity contribution in [2.75, 3.05) is 25.0 Å². The Morgan fingerprint density at radius 1 is 1.19 bits per heavy atom. The molecule has 1 fully saturated rings. The molecule has 0 spiro atoms. The Hall–Kier alpha value is -1.76. The molecule has 0 radical (unpaired) electrons.